The average molecular weight is 269 g/mol. The van der Waals surface area contributed by atoms with Gasteiger partial charge in [-0.1, -0.05) is 0 Å². The molecule has 1 atom stereocenters. The van der Waals surface area contributed by atoms with Gasteiger partial charge in [-0.05, 0) is 19.1 Å². The number of carbonyl (C=O) groups is 1. The van der Waals surface area contributed by atoms with Gasteiger partial charge in [-0.25, -0.2) is 9.50 Å². The Morgan fingerprint density at radius 1 is 1.67 bits per heavy atom. The van der Waals surface area contributed by atoms with Gasteiger partial charge in [-0.2, -0.15) is 0 Å². The summed E-state index contributed by atoms with van der Waals surface area (Å²) in [7, 11) is 1.57. The first kappa shape index (κ1) is 12.8. The van der Waals surface area contributed by atoms with Crippen molar-refractivity contribution in [3.63, 3.8) is 0 Å². The van der Waals surface area contributed by atoms with Crippen LogP contribution in [-0.2, 0) is 16.1 Å². The zero-order valence-electron chi connectivity index (χ0n) is 10.1. The number of nitrogens with one attached hydrogen (secondary N) is 1. The normalized spacial score (nSPS) is 12.6. The second-order valence-electron chi connectivity index (χ2n) is 3.76. The molecule has 0 radical (unpaired) electrons. The van der Waals surface area contributed by atoms with Crippen molar-refractivity contribution in [2.24, 2.45) is 0 Å². The molecule has 0 spiro atoms. The number of aromatic nitrogens is 3. The van der Waals surface area contributed by atoms with Gasteiger partial charge in [0.15, 0.2) is 11.5 Å². The fourth-order valence-corrected chi connectivity index (χ4v) is 1.52. The van der Waals surface area contributed by atoms with Gasteiger partial charge in [-0.15, -0.1) is 16.7 Å². The molecule has 0 saturated carbocycles. The Balaban J connectivity index is 2.35. The van der Waals surface area contributed by atoms with Gasteiger partial charge in [0.2, 0.25) is 5.91 Å². The summed E-state index contributed by atoms with van der Waals surface area (Å²) >= 11 is 5.71. The van der Waals surface area contributed by atoms with E-state index in [0.29, 0.717) is 23.8 Å². The van der Waals surface area contributed by atoms with Gasteiger partial charge in [-0.3, -0.25) is 4.79 Å². The Bertz CT molecular complexity index is 567. The molecule has 2 aromatic rings. The van der Waals surface area contributed by atoms with Crippen molar-refractivity contribution in [2.75, 3.05) is 12.4 Å². The monoisotopic (exact) mass is 268 g/mol. The number of halogens is 1. The molecule has 1 unspecified atom stereocenters. The van der Waals surface area contributed by atoms with E-state index in [1.54, 1.807) is 36.9 Å². The maximum absolute atomic E-state index is 11.6. The van der Waals surface area contributed by atoms with Gasteiger partial charge < -0.3 is 10.1 Å². The molecule has 18 heavy (non-hydrogen) atoms. The van der Waals surface area contributed by atoms with Crippen molar-refractivity contribution in [3.05, 3.63) is 24.2 Å². The van der Waals surface area contributed by atoms with Crippen LogP contribution < -0.4 is 5.32 Å². The molecule has 2 rings (SSSR count). The third kappa shape index (κ3) is 2.60. The summed E-state index contributed by atoms with van der Waals surface area (Å²) in [6, 6.07) is 3.52. The van der Waals surface area contributed by atoms with Gasteiger partial charge in [0.05, 0.1) is 5.69 Å². The number of rotatable bonds is 4. The first-order chi connectivity index (χ1) is 8.61. The molecule has 0 aromatic carbocycles. The summed E-state index contributed by atoms with van der Waals surface area (Å²) < 4.78 is 6.56. The minimum atomic E-state index is -0.605. The fourth-order valence-electron chi connectivity index (χ4n) is 1.47. The molecule has 1 N–H and O–H groups in total. The second kappa shape index (κ2) is 5.32. The fraction of sp³-hybridized carbons (Fsp3) is 0.364. The van der Waals surface area contributed by atoms with E-state index in [0.717, 1.165) is 0 Å². The lowest BCUT2D eigenvalue weighted by Crippen LogP contribution is -2.20. The zero-order valence-corrected chi connectivity index (χ0v) is 10.8. The number of alkyl halides is 1. The molecule has 0 saturated heterocycles. The molecular formula is C11H13ClN4O2. The van der Waals surface area contributed by atoms with E-state index in [2.05, 4.69) is 15.4 Å². The summed E-state index contributed by atoms with van der Waals surface area (Å²) in [5.74, 6) is 0.277. The Hall–Kier alpha value is -1.66. The smallest absolute Gasteiger partial charge is 0.242 e. The van der Waals surface area contributed by atoms with Crippen molar-refractivity contribution in [1.29, 1.82) is 0 Å². The molecule has 0 aliphatic carbocycles. The quantitative estimate of drug-likeness (QED) is 0.852. The van der Waals surface area contributed by atoms with Crippen molar-refractivity contribution < 1.29 is 9.53 Å². The summed E-state index contributed by atoms with van der Waals surface area (Å²) in [5.41, 5.74) is 1.14. The lowest BCUT2D eigenvalue weighted by Gasteiger charge is -2.06. The number of fused-ring (bicyclic) bond motifs is 1. The predicted octanol–water partition coefficient (Wildman–Crippen LogP) is 1.44. The van der Waals surface area contributed by atoms with Crippen LogP contribution in [0.5, 0.6) is 0 Å². The van der Waals surface area contributed by atoms with Crippen LogP contribution in [0.3, 0.4) is 0 Å². The van der Waals surface area contributed by atoms with Crippen LogP contribution in [-0.4, -0.2) is 33.0 Å². The molecule has 0 aliphatic rings. The van der Waals surface area contributed by atoms with Crippen LogP contribution in [0.2, 0.25) is 0 Å². The van der Waals surface area contributed by atoms with Gasteiger partial charge in [0.25, 0.3) is 0 Å². The highest BCUT2D eigenvalue weighted by molar-refractivity contribution is 6.32. The van der Waals surface area contributed by atoms with Crippen molar-refractivity contribution >= 4 is 28.8 Å². The molecule has 2 aromatic heterocycles. The zero-order chi connectivity index (χ0) is 13.1. The summed E-state index contributed by atoms with van der Waals surface area (Å²) in [4.78, 5) is 15.8. The van der Waals surface area contributed by atoms with Crippen LogP contribution in [0.15, 0.2) is 18.3 Å². The minimum absolute atomic E-state index is 0.277. The number of nitrogens with zero attached hydrogens (tertiary/aromatic N) is 3. The number of pyridine rings is 1. The standard InChI is InChI=1S/C11H13ClN4O2/c1-7(12)11(17)13-8-4-3-5-16-10(8)14-9(15-16)6-18-2/h3-5,7H,6H2,1-2H3,(H,13,17). The molecular weight excluding hydrogens is 256 g/mol. The SMILES string of the molecule is COCc1nc2c(NC(=O)C(C)Cl)cccn2n1. The van der Waals surface area contributed by atoms with E-state index in [1.165, 1.54) is 0 Å². The van der Waals surface area contributed by atoms with Gasteiger partial charge in [0.1, 0.15) is 12.0 Å². The number of ether oxygens (including phenoxy) is 1. The van der Waals surface area contributed by atoms with E-state index in [-0.39, 0.29) is 5.91 Å². The largest absolute Gasteiger partial charge is 0.377 e. The van der Waals surface area contributed by atoms with E-state index in [4.69, 9.17) is 16.3 Å². The molecule has 6 nitrogen and oxygen atoms in total. The lowest BCUT2D eigenvalue weighted by molar-refractivity contribution is -0.115. The summed E-state index contributed by atoms with van der Waals surface area (Å²) in [5, 5.41) is 6.31. The molecule has 0 aliphatic heterocycles. The molecule has 1 amide bonds. The maximum Gasteiger partial charge on any atom is 0.242 e. The van der Waals surface area contributed by atoms with Crippen molar-refractivity contribution in [1.82, 2.24) is 14.6 Å². The van der Waals surface area contributed by atoms with E-state index >= 15 is 0 Å². The number of amides is 1. The van der Waals surface area contributed by atoms with Crippen LogP contribution >= 0.6 is 11.6 Å². The van der Waals surface area contributed by atoms with Gasteiger partial charge >= 0.3 is 0 Å². The first-order valence-corrected chi connectivity index (χ1v) is 5.83. The molecule has 2 heterocycles. The van der Waals surface area contributed by atoms with Crippen LogP contribution in [0.4, 0.5) is 5.69 Å². The number of carbonyl (C=O) groups excluding carboxylic acids is 1. The van der Waals surface area contributed by atoms with Crippen LogP contribution in [0.1, 0.15) is 12.7 Å². The minimum Gasteiger partial charge on any atom is -0.377 e. The predicted molar refractivity (Wildman–Crippen MR) is 67.6 cm³/mol. The molecule has 96 valence electrons. The second-order valence-corrected chi connectivity index (χ2v) is 4.41. The Morgan fingerprint density at radius 3 is 3.11 bits per heavy atom. The lowest BCUT2D eigenvalue weighted by atomic mass is 10.3. The maximum atomic E-state index is 11.6. The average Bonchev–Trinajstić information content (AvgIpc) is 2.73. The molecule has 7 heteroatoms. The highest BCUT2D eigenvalue weighted by atomic mass is 35.5. The third-order valence-corrected chi connectivity index (χ3v) is 2.50. The van der Waals surface area contributed by atoms with Crippen molar-refractivity contribution in [3.8, 4) is 0 Å². The number of hydrogen-bond acceptors (Lipinski definition) is 4. The Morgan fingerprint density at radius 2 is 2.44 bits per heavy atom. The topological polar surface area (TPSA) is 68.5 Å². The van der Waals surface area contributed by atoms with Crippen molar-refractivity contribution in [2.45, 2.75) is 18.9 Å². The van der Waals surface area contributed by atoms with E-state index in [1.807, 2.05) is 0 Å². The highest BCUT2D eigenvalue weighted by Crippen LogP contribution is 2.15. The summed E-state index contributed by atoms with van der Waals surface area (Å²) in [6.45, 7) is 1.93. The van der Waals surface area contributed by atoms with Gasteiger partial charge in [0, 0.05) is 13.3 Å². The summed E-state index contributed by atoms with van der Waals surface area (Å²) in [6.07, 6.45) is 1.75. The number of methoxy groups -OCH3 is 1. The van der Waals surface area contributed by atoms with Crippen LogP contribution in [0, 0.1) is 0 Å². The number of anilines is 1. The molecule has 0 bridgehead atoms. The Kier molecular flexibility index (Phi) is 3.78. The van der Waals surface area contributed by atoms with E-state index in [9.17, 15) is 4.79 Å². The Labute approximate surface area is 109 Å². The first-order valence-electron chi connectivity index (χ1n) is 5.40. The van der Waals surface area contributed by atoms with E-state index < -0.39 is 5.38 Å². The number of hydrogen-bond donors (Lipinski definition) is 1. The highest BCUT2D eigenvalue weighted by Gasteiger charge is 2.13. The molecule has 0 fully saturated rings. The third-order valence-electron chi connectivity index (χ3n) is 2.30. The van der Waals surface area contributed by atoms with Crippen LogP contribution in [0.25, 0.3) is 5.65 Å².